The molecule has 18 heavy (non-hydrogen) atoms. The molecule has 2 aromatic carbocycles. The minimum atomic E-state index is -0.851. The molecule has 0 saturated heterocycles. The Morgan fingerprint density at radius 3 is 2.56 bits per heavy atom. The predicted molar refractivity (Wildman–Crippen MR) is 70.4 cm³/mol. The molecular formula is C15H13ClO2. The van der Waals surface area contributed by atoms with Crippen LogP contribution in [0.4, 0.5) is 0 Å². The molecule has 0 aliphatic carbocycles. The van der Waals surface area contributed by atoms with Crippen LogP contribution in [-0.2, 0) is 11.2 Å². The summed E-state index contributed by atoms with van der Waals surface area (Å²) in [7, 11) is 0. The molecule has 0 saturated carbocycles. The van der Waals surface area contributed by atoms with Gasteiger partial charge in [-0.2, -0.15) is 0 Å². The molecule has 1 N–H and O–H groups in total. The Bertz CT molecular complexity index is 551. The number of halogens is 1. The summed E-state index contributed by atoms with van der Waals surface area (Å²) in [5.74, 6) is 0. The van der Waals surface area contributed by atoms with Crippen LogP contribution in [0.15, 0.2) is 48.5 Å². The third-order valence-electron chi connectivity index (χ3n) is 3.26. The Morgan fingerprint density at radius 2 is 1.78 bits per heavy atom. The fraction of sp³-hybridized carbons (Fsp3) is 0.200. The minimum Gasteiger partial charge on any atom is -0.364 e. The van der Waals surface area contributed by atoms with Crippen molar-refractivity contribution in [3.63, 3.8) is 0 Å². The second-order valence-electron chi connectivity index (χ2n) is 4.43. The van der Waals surface area contributed by atoms with E-state index in [1.54, 1.807) is 0 Å². The molecule has 0 fully saturated rings. The van der Waals surface area contributed by atoms with Crippen LogP contribution in [0, 0.1) is 0 Å². The van der Waals surface area contributed by atoms with Crippen LogP contribution in [0.3, 0.4) is 0 Å². The highest BCUT2D eigenvalue weighted by Crippen LogP contribution is 2.36. The van der Waals surface area contributed by atoms with Crippen LogP contribution in [0.2, 0.25) is 5.02 Å². The van der Waals surface area contributed by atoms with E-state index in [1.807, 2.05) is 48.5 Å². The molecule has 2 atom stereocenters. The largest absolute Gasteiger partial charge is 0.364 e. The first-order valence-electron chi connectivity index (χ1n) is 5.91. The van der Waals surface area contributed by atoms with Gasteiger partial charge in [0.05, 0.1) is 6.10 Å². The molecule has 3 rings (SSSR count). The molecule has 0 bridgehead atoms. The van der Waals surface area contributed by atoms with E-state index in [4.69, 9.17) is 16.3 Å². The van der Waals surface area contributed by atoms with Gasteiger partial charge in [-0.05, 0) is 23.3 Å². The molecule has 2 aromatic rings. The van der Waals surface area contributed by atoms with Crippen molar-refractivity contribution in [1.82, 2.24) is 0 Å². The number of benzene rings is 2. The summed E-state index contributed by atoms with van der Waals surface area (Å²) in [5, 5.41) is 10.7. The highest BCUT2D eigenvalue weighted by atomic mass is 35.5. The van der Waals surface area contributed by atoms with E-state index < -0.39 is 6.29 Å². The van der Waals surface area contributed by atoms with Crippen LogP contribution >= 0.6 is 11.6 Å². The summed E-state index contributed by atoms with van der Waals surface area (Å²) < 4.78 is 5.65. The molecule has 0 radical (unpaired) electrons. The van der Waals surface area contributed by atoms with E-state index in [9.17, 15) is 5.11 Å². The van der Waals surface area contributed by atoms with Crippen LogP contribution in [0.5, 0.6) is 0 Å². The maximum atomic E-state index is 10.00. The van der Waals surface area contributed by atoms with Crippen molar-refractivity contribution in [2.45, 2.75) is 18.8 Å². The standard InChI is InChI=1S/C15H13ClO2/c16-12-7-5-10(6-8-12)14-9-11-3-1-2-4-13(11)15(17)18-14/h1-8,14-15,17H,9H2/t14-,15-/m1/s1. The van der Waals surface area contributed by atoms with Crippen LogP contribution < -0.4 is 0 Å². The summed E-state index contributed by atoms with van der Waals surface area (Å²) in [6.07, 6.45) is -0.197. The fourth-order valence-corrected chi connectivity index (χ4v) is 2.44. The molecule has 0 unspecified atom stereocenters. The summed E-state index contributed by atoms with van der Waals surface area (Å²) in [6, 6.07) is 15.4. The lowest BCUT2D eigenvalue weighted by Gasteiger charge is -2.29. The van der Waals surface area contributed by atoms with Crippen molar-refractivity contribution < 1.29 is 9.84 Å². The first-order valence-corrected chi connectivity index (χ1v) is 6.28. The van der Waals surface area contributed by atoms with E-state index in [0.717, 1.165) is 23.1 Å². The molecule has 1 aliphatic rings. The second-order valence-corrected chi connectivity index (χ2v) is 4.87. The summed E-state index contributed by atoms with van der Waals surface area (Å²) in [5.41, 5.74) is 3.03. The predicted octanol–water partition coefficient (Wildman–Crippen LogP) is 3.64. The van der Waals surface area contributed by atoms with Crippen molar-refractivity contribution in [3.05, 3.63) is 70.2 Å². The average molecular weight is 261 g/mol. The Balaban J connectivity index is 1.92. The van der Waals surface area contributed by atoms with Gasteiger partial charge in [-0.1, -0.05) is 48.0 Å². The van der Waals surface area contributed by atoms with Gasteiger partial charge in [0.1, 0.15) is 0 Å². The monoisotopic (exact) mass is 260 g/mol. The van der Waals surface area contributed by atoms with E-state index in [2.05, 4.69) is 0 Å². The Labute approximate surface area is 111 Å². The number of rotatable bonds is 1. The van der Waals surface area contributed by atoms with Gasteiger partial charge < -0.3 is 9.84 Å². The summed E-state index contributed by atoms with van der Waals surface area (Å²) in [6.45, 7) is 0. The number of fused-ring (bicyclic) bond motifs is 1. The zero-order valence-corrected chi connectivity index (χ0v) is 10.5. The number of ether oxygens (including phenoxy) is 1. The highest BCUT2D eigenvalue weighted by molar-refractivity contribution is 6.30. The van der Waals surface area contributed by atoms with E-state index in [-0.39, 0.29) is 6.10 Å². The zero-order valence-electron chi connectivity index (χ0n) is 9.71. The van der Waals surface area contributed by atoms with Crippen molar-refractivity contribution in [2.24, 2.45) is 0 Å². The first-order chi connectivity index (χ1) is 8.74. The number of hydrogen-bond donors (Lipinski definition) is 1. The maximum Gasteiger partial charge on any atom is 0.182 e. The fourth-order valence-electron chi connectivity index (χ4n) is 2.31. The van der Waals surface area contributed by atoms with E-state index in [1.165, 1.54) is 0 Å². The van der Waals surface area contributed by atoms with E-state index >= 15 is 0 Å². The van der Waals surface area contributed by atoms with Crippen molar-refractivity contribution in [3.8, 4) is 0 Å². The van der Waals surface area contributed by atoms with Crippen molar-refractivity contribution in [1.29, 1.82) is 0 Å². The van der Waals surface area contributed by atoms with Gasteiger partial charge in [-0.15, -0.1) is 0 Å². The maximum absolute atomic E-state index is 10.00. The Morgan fingerprint density at radius 1 is 1.06 bits per heavy atom. The quantitative estimate of drug-likeness (QED) is 0.848. The Hall–Kier alpha value is -1.35. The molecule has 1 aliphatic heterocycles. The molecule has 0 amide bonds. The van der Waals surface area contributed by atoms with Gasteiger partial charge in [0, 0.05) is 17.0 Å². The van der Waals surface area contributed by atoms with Gasteiger partial charge in [0.2, 0.25) is 0 Å². The van der Waals surface area contributed by atoms with Gasteiger partial charge in [0.15, 0.2) is 6.29 Å². The third-order valence-corrected chi connectivity index (χ3v) is 3.51. The lowest BCUT2D eigenvalue weighted by Crippen LogP contribution is -2.20. The SMILES string of the molecule is O[C@@H]1O[C@@H](c2ccc(Cl)cc2)Cc2ccccc21. The van der Waals surface area contributed by atoms with Crippen molar-refractivity contribution in [2.75, 3.05) is 0 Å². The van der Waals surface area contributed by atoms with Crippen molar-refractivity contribution >= 4 is 11.6 Å². The smallest absolute Gasteiger partial charge is 0.182 e. The minimum absolute atomic E-state index is 0.118. The average Bonchev–Trinajstić information content (AvgIpc) is 2.39. The Kier molecular flexibility index (Phi) is 3.08. The van der Waals surface area contributed by atoms with E-state index in [0.29, 0.717) is 5.02 Å². The highest BCUT2D eigenvalue weighted by Gasteiger charge is 2.26. The lowest BCUT2D eigenvalue weighted by atomic mass is 9.94. The van der Waals surface area contributed by atoms with Crippen LogP contribution in [0.25, 0.3) is 0 Å². The van der Waals surface area contributed by atoms with Gasteiger partial charge in [0.25, 0.3) is 0 Å². The zero-order chi connectivity index (χ0) is 12.5. The molecular weight excluding hydrogens is 248 g/mol. The number of hydrogen-bond acceptors (Lipinski definition) is 2. The molecule has 3 heteroatoms. The third kappa shape index (κ3) is 2.15. The summed E-state index contributed by atoms with van der Waals surface area (Å²) >= 11 is 5.87. The lowest BCUT2D eigenvalue weighted by molar-refractivity contribution is -0.151. The molecule has 0 aromatic heterocycles. The molecule has 2 nitrogen and oxygen atoms in total. The first kappa shape index (κ1) is 11.7. The van der Waals surface area contributed by atoms with Gasteiger partial charge in [-0.3, -0.25) is 0 Å². The molecule has 0 spiro atoms. The molecule has 1 heterocycles. The second kappa shape index (κ2) is 4.73. The molecule has 92 valence electrons. The topological polar surface area (TPSA) is 29.5 Å². The number of aliphatic hydroxyl groups excluding tert-OH is 1. The van der Waals surface area contributed by atoms with Crippen LogP contribution in [-0.4, -0.2) is 5.11 Å². The normalized spacial score (nSPS) is 22.6. The van der Waals surface area contributed by atoms with Gasteiger partial charge >= 0.3 is 0 Å². The van der Waals surface area contributed by atoms with Crippen LogP contribution in [0.1, 0.15) is 29.1 Å². The number of aliphatic hydroxyl groups is 1. The summed E-state index contributed by atoms with van der Waals surface area (Å²) in [4.78, 5) is 0. The van der Waals surface area contributed by atoms with Gasteiger partial charge in [-0.25, -0.2) is 0 Å².